The van der Waals surface area contributed by atoms with Gasteiger partial charge in [0.05, 0.1) is 26.5 Å². The summed E-state index contributed by atoms with van der Waals surface area (Å²) in [5.74, 6) is 0.590. The van der Waals surface area contributed by atoms with E-state index in [1.165, 1.54) is 35.1 Å². The predicted octanol–water partition coefficient (Wildman–Crippen LogP) is 1.57. The van der Waals surface area contributed by atoms with Crippen LogP contribution in [0, 0.1) is 13.8 Å². The number of likely N-dealkylation sites (N-methyl/N-ethyl adjacent to an activating group) is 1. The summed E-state index contributed by atoms with van der Waals surface area (Å²) >= 11 is 0. The van der Waals surface area contributed by atoms with Gasteiger partial charge < -0.3 is 19.3 Å². The lowest BCUT2D eigenvalue weighted by molar-refractivity contribution is -0.116. The number of rotatable bonds is 7. The van der Waals surface area contributed by atoms with Crippen LogP contribution < -0.4 is 14.8 Å². The maximum atomic E-state index is 12.6. The number of sulfonamides is 1. The summed E-state index contributed by atoms with van der Waals surface area (Å²) in [5.41, 5.74) is 0.615. The molecule has 0 fully saturated rings. The summed E-state index contributed by atoms with van der Waals surface area (Å²) in [6, 6.07) is 4.90. The number of carbonyl (C=O) groups is 1. The number of nitrogens with one attached hydrogen (secondary N) is 1. The van der Waals surface area contributed by atoms with E-state index in [1.54, 1.807) is 18.2 Å². The maximum absolute atomic E-state index is 12.6. The number of methoxy groups -OCH3 is 2. The lowest BCUT2D eigenvalue weighted by Gasteiger charge is -2.17. The Morgan fingerprint density at radius 3 is 2.50 bits per heavy atom. The molecule has 0 radical (unpaired) electrons. The number of hydrogen-bond donors (Lipinski definition) is 1. The largest absolute Gasteiger partial charge is 0.497 e. The second kappa shape index (κ2) is 7.75. The fourth-order valence-electron chi connectivity index (χ4n) is 2.39. The first-order valence-corrected chi connectivity index (χ1v) is 9.05. The SMILES string of the molecule is COc1ccc(OC)c(NC(=O)CN(C)S(=O)(=O)c2c(C)noc2C)c1. The van der Waals surface area contributed by atoms with Crippen LogP contribution in [0.2, 0.25) is 0 Å². The van der Waals surface area contributed by atoms with E-state index in [0.717, 1.165) is 4.31 Å². The monoisotopic (exact) mass is 383 g/mol. The van der Waals surface area contributed by atoms with E-state index in [-0.39, 0.29) is 16.3 Å². The van der Waals surface area contributed by atoms with E-state index in [2.05, 4.69) is 10.5 Å². The zero-order chi connectivity index (χ0) is 19.5. The number of carbonyl (C=O) groups excluding carboxylic acids is 1. The van der Waals surface area contributed by atoms with Crippen molar-refractivity contribution in [3.8, 4) is 11.5 Å². The molecule has 0 bridgehead atoms. The zero-order valence-corrected chi connectivity index (χ0v) is 16.0. The van der Waals surface area contributed by atoms with Crippen LogP contribution in [0.25, 0.3) is 0 Å². The Morgan fingerprint density at radius 2 is 1.96 bits per heavy atom. The fourth-order valence-corrected chi connectivity index (χ4v) is 3.80. The lowest BCUT2D eigenvalue weighted by Crippen LogP contribution is -2.35. The van der Waals surface area contributed by atoms with Gasteiger partial charge in [-0.2, -0.15) is 4.31 Å². The predicted molar refractivity (Wildman–Crippen MR) is 94.0 cm³/mol. The molecule has 1 amide bonds. The van der Waals surface area contributed by atoms with Gasteiger partial charge in [0.15, 0.2) is 5.76 Å². The van der Waals surface area contributed by atoms with E-state index in [9.17, 15) is 13.2 Å². The number of hydrogen-bond acceptors (Lipinski definition) is 7. The Morgan fingerprint density at radius 1 is 1.27 bits per heavy atom. The number of amides is 1. The summed E-state index contributed by atoms with van der Waals surface area (Å²) < 4.78 is 41.4. The molecule has 10 heteroatoms. The maximum Gasteiger partial charge on any atom is 0.248 e. The highest BCUT2D eigenvalue weighted by atomic mass is 32.2. The first-order valence-electron chi connectivity index (χ1n) is 7.61. The number of anilines is 1. The molecule has 0 aliphatic carbocycles. The molecule has 142 valence electrons. The molecule has 9 nitrogen and oxygen atoms in total. The van der Waals surface area contributed by atoms with Gasteiger partial charge in [-0.25, -0.2) is 8.42 Å². The molecule has 0 saturated heterocycles. The van der Waals surface area contributed by atoms with Gasteiger partial charge in [-0.1, -0.05) is 5.16 Å². The third-order valence-corrected chi connectivity index (χ3v) is 5.73. The minimum atomic E-state index is -3.91. The Kier molecular flexibility index (Phi) is 5.88. The average molecular weight is 383 g/mol. The minimum absolute atomic E-state index is 0.0354. The van der Waals surface area contributed by atoms with Gasteiger partial charge in [0.1, 0.15) is 22.1 Å². The highest BCUT2D eigenvalue weighted by Crippen LogP contribution is 2.29. The normalized spacial score (nSPS) is 11.5. The van der Waals surface area contributed by atoms with Crippen molar-refractivity contribution in [1.29, 1.82) is 0 Å². The van der Waals surface area contributed by atoms with Crippen LogP contribution in [-0.4, -0.2) is 51.6 Å². The molecule has 0 aliphatic heterocycles. The third-order valence-electron chi connectivity index (χ3n) is 3.68. The molecule has 1 heterocycles. The van der Waals surface area contributed by atoms with Gasteiger partial charge in [-0.3, -0.25) is 4.79 Å². The van der Waals surface area contributed by atoms with Crippen molar-refractivity contribution in [3.05, 3.63) is 29.7 Å². The summed E-state index contributed by atoms with van der Waals surface area (Å²) in [6.45, 7) is 2.63. The molecule has 1 aromatic heterocycles. The minimum Gasteiger partial charge on any atom is -0.497 e. The number of aryl methyl sites for hydroxylation is 2. The van der Waals surface area contributed by atoms with Crippen molar-refractivity contribution in [2.75, 3.05) is 33.1 Å². The van der Waals surface area contributed by atoms with Crippen molar-refractivity contribution in [2.24, 2.45) is 0 Å². The highest BCUT2D eigenvalue weighted by molar-refractivity contribution is 7.89. The van der Waals surface area contributed by atoms with Crippen molar-refractivity contribution >= 4 is 21.6 Å². The Hall–Kier alpha value is -2.59. The van der Waals surface area contributed by atoms with Crippen LogP contribution in [-0.2, 0) is 14.8 Å². The molecule has 0 aliphatic rings. The molecular weight excluding hydrogens is 362 g/mol. The molecule has 0 atom stereocenters. The van der Waals surface area contributed by atoms with E-state index in [0.29, 0.717) is 17.2 Å². The van der Waals surface area contributed by atoms with Gasteiger partial charge in [-0.15, -0.1) is 0 Å². The van der Waals surface area contributed by atoms with E-state index in [1.807, 2.05) is 0 Å². The Labute approximate surface area is 151 Å². The molecule has 0 saturated carbocycles. The standard InChI is InChI=1S/C16H21N3O6S/c1-10-16(11(2)25-18-10)26(21,22)19(3)9-15(20)17-13-8-12(23-4)6-7-14(13)24-5/h6-8H,9H2,1-5H3,(H,17,20). The van der Waals surface area contributed by atoms with Crippen LogP contribution in [0.5, 0.6) is 11.5 Å². The third kappa shape index (κ3) is 3.97. The summed E-state index contributed by atoms with van der Waals surface area (Å²) in [6.07, 6.45) is 0. The molecule has 0 unspecified atom stereocenters. The van der Waals surface area contributed by atoms with Crippen LogP contribution in [0.4, 0.5) is 5.69 Å². The van der Waals surface area contributed by atoms with Gasteiger partial charge in [0, 0.05) is 13.1 Å². The quantitative estimate of drug-likeness (QED) is 0.772. The molecule has 1 N–H and O–H groups in total. The number of aromatic nitrogens is 1. The van der Waals surface area contributed by atoms with Crippen LogP contribution in [0.1, 0.15) is 11.5 Å². The summed E-state index contributed by atoms with van der Waals surface area (Å²) in [7, 11) is 0.358. The van der Waals surface area contributed by atoms with Gasteiger partial charge in [0.2, 0.25) is 15.9 Å². The van der Waals surface area contributed by atoms with E-state index < -0.39 is 22.5 Å². The zero-order valence-electron chi connectivity index (χ0n) is 15.2. The smallest absolute Gasteiger partial charge is 0.248 e. The van der Waals surface area contributed by atoms with Crippen molar-refractivity contribution in [2.45, 2.75) is 18.7 Å². The lowest BCUT2D eigenvalue weighted by atomic mass is 10.2. The van der Waals surface area contributed by atoms with Crippen molar-refractivity contribution in [1.82, 2.24) is 9.46 Å². The Bertz CT molecular complexity index is 887. The number of benzene rings is 1. The molecular formula is C16H21N3O6S. The number of nitrogens with zero attached hydrogens (tertiary/aromatic N) is 2. The Balaban J connectivity index is 2.17. The first kappa shape index (κ1) is 19.7. The van der Waals surface area contributed by atoms with Crippen LogP contribution in [0.3, 0.4) is 0 Å². The first-order chi connectivity index (χ1) is 12.2. The van der Waals surface area contributed by atoms with Gasteiger partial charge in [0.25, 0.3) is 0 Å². The topological polar surface area (TPSA) is 111 Å². The van der Waals surface area contributed by atoms with Gasteiger partial charge >= 0.3 is 0 Å². The molecule has 1 aromatic carbocycles. The molecule has 2 rings (SSSR count). The molecule has 2 aromatic rings. The molecule has 0 spiro atoms. The number of ether oxygens (including phenoxy) is 2. The van der Waals surface area contributed by atoms with Crippen LogP contribution in [0.15, 0.2) is 27.6 Å². The average Bonchev–Trinajstić information content (AvgIpc) is 2.93. The fraction of sp³-hybridized carbons (Fsp3) is 0.375. The van der Waals surface area contributed by atoms with Crippen molar-refractivity contribution in [3.63, 3.8) is 0 Å². The van der Waals surface area contributed by atoms with Crippen molar-refractivity contribution < 1.29 is 27.2 Å². The second-order valence-corrected chi connectivity index (χ2v) is 7.51. The molecule has 26 heavy (non-hydrogen) atoms. The summed E-state index contributed by atoms with van der Waals surface area (Å²) in [4.78, 5) is 12.3. The second-order valence-electron chi connectivity index (χ2n) is 5.53. The van der Waals surface area contributed by atoms with E-state index >= 15 is 0 Å². The van der Waals surface area contributed by atoms with E-state index in [4.69, 9.17) is 14.0 Å². The van der Waals surface area contributed by atoms with Gasteiger partial charge in [-0.05, 0) is 26.0 Å². The highest BCUT2D eigenvalue weighted by Gasteiger charge is 2.29. The summed E-state index contributed by atoms with van der Waals surface area (Å²) in [5, 5.41) is 6.27. The van der Waals surface area contributed by atoms with Crippen LogP contribution >= 0.6 is 0 Å².